The van der Waals surface area contributed by atoms with Gasteiger partial charge in [-0.1, -0.05) is 6.42 Å². The number of hydrogen-bond acceptors (Lipinski definition) is 4. The van der Waals surface area contributed by atoms with Crippen LogP contribution in [-0.2, 0) is 0 Å². The third-order valence-electron chi connectivity index (χ3n) is 2.34. The quantitative estimate of drug-likeness (QED) is 0.673. The van der Waals surface area contributed by atoms with Gasteiger partial charge < -0.3 is 5.73 Å². The van der Waals surface area contributed by atoms with Crippen molar-refractivity contribution in [1.82, 2.24) is 15.2 Å². The number of nitrogen functional groups attached to an aromatic ring is 1. The number of aryl methyl sites for hydroxylation is 1. The first-order valence-electron chi connectivity index (χ1n) is 4.24. The van der Waals surface area contributed by atoms with Crippen LogP contribution in [0.25, 0.3) is 0 Å². The fourth-order valence-corrected chi connectivity index (χ4v) is 1.40. The number of nitrogens with two attached hydrogens (primary N) is 1. The van der Waals surface area contributed by atoms with E-state index in [1.807, 2.05) is 0 Å². The summed E-state index contributed by atoms with van der Waals surface area (Å²) < 4.78 is 0. The van der Waals surface area contributed by atoms with E-state index in [9.17, 15) is 0 Å². The molecule has 1 aliphatic rings. The molecule has 1 aromatic heterocycles. The van der Waals surface area contributed by atoms with Gasteiger partial charge in [-0.3, -0.25) is 0 Å². The van der Waals surface area contributed by atoms with E-state index >= 15 is 0 Å². The molecule has 12 heavy (non-hydrogen) atoms. The van der Waals surface area contributed by atoms with Gasteiger partial charge in [0, 0.05) is 5.92 Å². The Hall–Kier alpha value is -1.19. The molecule has 1 fully saturated rings. The molecule has 1 aliphatic carbocycles. The minimum absolute atomic E-state index is 0.519. The Bertz CT molecular complexity index is 293. The SMILES string of the molecule is Cc1nnc(C2CCC2)c(N)n1. The molecule has 0 amide bonds. The number of aromatic nitrogens is 3. The van der Waals surface area contributed by atoms with Crippen molar-refractivity contribution in [1.29, 1.82) is 0 Å². The molecular formula is C8H12N4. The Morgan fingerprint density at radius 2 is 2.08 bits per heavy atom. The molecule has 1 saturated carbocycles. The van der Waals surface area contributed by atoms with Gasteiger partial charge in [-0.2, -0.15) is 0 Å². The lowest BCUT2D eigenvalue weighted by molar-refractivity contribution is 0.407. The molecule has 2 rings (SSSR count). The summed E-state index contributed by atoms with van der Waals surface area (Å²) in [5, 5.41) is 7.96. The fraction of sp³-hybridized carbons (Fsp3) is 0.625. The summed E-state index contributed by atoms with van der Waals surface area (Å²) >= 11 is 0. The van der Waals surface area contributed by atoms with Gasteiger partial charge in [-0.05, 0) is 19.8 Å². The summed E-state index contributed by atoms with van der Waals surface area (Å²) in [6.07, 6.45) is 3.65. The molecule has 1 heterocycles. The summed E-state index contributed by atoms with van der Waals surface area (Å²) in [6.45, 7) is 1.80. The molecule has 2 N–H and O–H groups in total. The lowest BCUT2D eigenvalue weighted by Crippen LogP contribution is -2.15. The molecule has 0 saturated heterocycles. The minimum atomic E-state index is 0.519. The Balaban J connectivity index is 2.31. The maximum atomic E-state index is 5.72. The number of rotatable bonds is 1. The highest BCUT2D eigenvalue weighted by Crippen LogP contribution is 2.36. The predicted molar refractivity (Wildman–Crippen MR) is 45.6 cm³/mol. The van der Waals surface area contributed by atoms with Crippen LogP contribution >= 0.6 is 0 Å². The second-order valence-corrected chi connectivity index (χ2v) is 3.26. The van der Waals surface area contributed by atoms with E-state index in [0.29, 0.717) is 17.6 Å². The van der Waals surface area contributed by atoms with Crippen molar-refractivity contribution in [2.75, 3.05) is 5.73 Å². The van der Waals surface area contributed by atoms with Gasteiger partial charge in [0.15, 0.2) is 0 Å². The van der Waals surface area contributed by atoms with Crippen LogP contribution < -0.4 is 5.73 Å². The molecule has 1 aromatic rings. The van der Waals surface area contributed by atoms with E-state index in [1.54, 1.807) is 6.92 Å². The summed E-state index contributed by atoms with van der Waals surface area (Å²) in [4.78, 5) is 4.08. The molecule has 0 atom stereocenters. The zero-order valence-electron chi connectivity index (χ0n) is 7.12. The first-order chi connectivity index (χ1) is 5.77. The zero-order chi connectivity index (χ0) is 8.55. The van der Waals surface area contributed by atoms with Crippen LogP contribution in [0.1, 0.15) is 36.7 Å². The lowest BCUT2D eigenvalue weighted by Gasteiger charge is -2.24. The van der Waals surface area contributed by atoms with Crippen molar-refractivity contribution in [2.24, 2.45) is 0 Å². The van der Waals surface area contributed by atoms with Crippen LogP contribution in [0, 0.1) is 6.92 Å². The monoisotopic (exact) mass is 164 g/mol. The predicted octanol–water partition coefficient (Wildman–Crippen LogP) is 1.03. The summed E-state index contributed by atoms with van der Waals surface area (Å²) in [5.74, 6) is 1.73. The van der Waals surface area contributed by atoms with Crippen molar-refractivity contribution in [3.8, 4) is 0 Å². The average Bonchev–Trinajstić information content (AvgIpc) is 1.91. The first kappa shape index (κ1) is 7.46. The molecule has 0 unspecified atom stereocenters. The molecule has 0 aliphatic heterocycles. The molecular weight excluding hydrogens is 152 g/mol. The highest BCUT2D eigenvalue weighted by molar-refractivity contribution is 5.36. The Morgan fingerprint density at radius 3 is 2.58 bits per heavy atom. The minimum Gasteiger partial charge on any atom is -0.382 e. The lowest BCUT2D eigenvalue weighted by atomic mass is 9.83. The fourth-order valence-electron chi connectivity index (χ4n) is 1.40. The molecule has 0 radical (unpaired) electrons. The van der Waals surface area contributed by atoms with E-state index in [0.717, 1.165) is 5.69 Å². The van der Waals surface area contributed by atoms with Crippen molar-refractivity contribution < 1.29 is 0 Å². The van der Waals surface area contributed by atoms with Gasteiger partial charge >= 0.3 is 0 Å². The van der Waals surface area contributed by atoms with Gasteiger partial charge in [-0.15, -0.1) is 10.2 Å². The standard InChI is InChI=1S/C8H12N4/c1-5-10-8(9)7(12-11-5)6-3-2-4-6/h6H,2-4H2,1H3,(H2,9,10,11). The van der Waals surface area contributed by atoms with Crippen LogP contribution in [0.5, 0.6) is 0 Å². The zero-order valence-corrected chi connectivity index (χ0v) is 7.12. The van der Waals surface area contributed by atoms with E-state index in [2.05, 4.69) is 15.2 Å². The summed E-state index contributed by atoms with van der Waals surface area (Å²) in [5.41, 5.74) is 6.61. The topological polar surface area (TPSA) is 64.7 Å². The van der Waals surface area contributed by atoms with E-state index in [-0.39, 0.29) is 0 Å². The smallest absolute Gasteiger partial charge is 0.150 e. The van der Waals surface area contributed by atoms with Gasteiger partial charge in [0.1, 0.15) is 17.3 Å². The second kappa shape index (κ2) is 2.69. The van der Waals surface area contributed by atoms with Crippen molar-refractivity contribution in [3.63, 3.8) is 0 Å². The highest BCUT2D eigenvalue weighted by Gasteiger charge is 2.23. The molecule has 4 nitrogen and oxygen atoms in total. The van der Waals surface area contributed by atoms with Crippen LogP contribution in [0.4, 0.5) is 5.82 Å². The third kappa shape index (κ3) is 1.13. The summed E-state index contributed by atoms with van der Waals surface area (Å²) in [7, 11) is 0. The summed E-state index contributed by atoms with van der Waals surface area (Å²) in [6, 6.07) is 0. The van der Waals surface area contributed by atoms with E-state index < -0.39 is 0 Å². The number of nitrogens with zero attached hydrogens (tertiary/aromatic N) is 3. The van der Waals surface area contributed by atoms with Crippen LogP contribution in [0.2, 0.25) is 0 Å². The third-order valence-corrected chi connectivity index (χ3v) is 2.34. The van der Waals surface area contributed by atoms with Crippen LogP contribution in [0.15, 0.2) is 0 Å². The van der Waals surface area contributed by atoms with Gasteiger partial charge in [0.2, 0.25) is 0 Å². The van der Waals surface area contributed by atoms with Crippen molar-refractivity contribution >= 4 is 5.82 Å². The van der Waals surface area contributed by atoms with Gasteiger partial charge in [0.05, 0.1) is 0 Å². The number of anilines is 1. The molecule has 0 aromatic carbocycles. The Morgan fingerprint density at radius 1 is 1.33 bits per heavy atom. The van der Waals surface area contributed by atoms with Crippen molar-refractivity contribution in [2.45, 2.75) is 32.1 Å². The maximum Gasteiger partial charge on any atom is 0.150 e. The molecule has 4 heteroatoms. The van der Waals surface area contributed by atoms with Crippen LogP contribution in [0.3, 0.4) is 0 Å². The van der Waals surface area contributed by atoms with Gasteiger partial charge in [0.25, 0.3) is 0 Å². The normalized spacial score (nSPS) is 17.4. The van der Waals surface area contributed by atoms with Gasteiger partial charge in [-0.25, -0.2) is 4.98 Å². The average molecular weight is 164 g/mol. The van der Waals surface area contributed by atoms with E-state index in [1.165, 1.54) is 19.3 Å². The maximum absolute atomic E-state index is 5.72. The van der Waals surface area contributed by atoms with E-state index in [4.69, 9.17) is 5.73 Å². The van der Waals surface area contributed by atoms with Crippen molar-refractivity contribution in [3.05, 3.63) is 11.5 Å². The second-order valence-electron chi connectivity index (χ2n) is 3.26. The highest BCUT2D eigenvalue weighted by atomic mass is 15.2. The Labute approximate surface area is 71.2 Å². The first-order valence-corrected chi connectivity index (χ1v) is 4.24. The molecule has 0 spiro atoms. The van der Waals surface area contributed by atoms with Crippen LogP contribution in [-0.4, -0.2) is 15.2 Å². The number of hydrogen-bond donors (Lipinski definition) is 1. The largest absolute Gasteiger partial charge is 0.382 e. The Kier molecular flexibility index (Phi) is 1.67. The molecule has 64 valence electrons. The molecule has 0 bridgehead atoms.